The zero-order valence-corrected chi connectivity index (χ0v) is 12.5. The standard InChI is InChI=1S/C15H25N5/c1-3-14-18-13(16)9-15(19-14)17-10-7-11-5-4-6-12(8-10)20(11)2/h9-12H,3-8H2,1-2H3,(H3,16,17,18,19). The zero-order valence-electron chi connectivity index (χ0n) is 12.5. The summed E-state index contributed by atoms with van der Waals surface area (Å²) >= 11 is 0. The number of piperidine rings is 2. The number of nitrogen functional groups attached to an aromatic ring is 1. The van der Waals surface area contributed by atoms with Crippen molar-refractivity contribution in [2.45, 2.75) is 63.6 Å². The van der Waals surface area contributed by atoms with E-state index in [0.717, 1.165) is 30.1 Å². The van der Waals surface area contributed by atoms with Gasteiger partial charge in [0.2, 0.25) is 0 Å². The number of aromatic nitrogens is 2. The molecule has 1 aromatic rings. The van der Waals surface area contributed by atoms with E-state index >= 15 is 0 Å². The average Bonchev–Trinajstić information content (AvgIpc) is 2.39. The summed E-state index contributed by atoms with van der Waals surface area (Å²) in [5.74, 6) is 2.27. The van der Waals surface area contributed by atoms with Crippen LogP contribution >= 0.6 is 0 Å². The van der Waals surface area contributed by atoms with E-state index in [4.69, 9.17) is 5.73 Å². The molecule has 0 aliphatic carbocycles. The minimum atomic E-state index is 0.514. The molecule has 5 heteroatoms. The molecule has 1 aromatic heterocycles. The third-order valence-corrected chi connectivity index (χ3v) is 4.80. The fourth-order valence-corrected chi connectivity index (χ4v) is 3.69. The lowest BCUT2D eigenvalue weighted by Crippen LogP contribution is -2.52. The van der Waals surface area contributed by atoms with Gasteiger partial charge in [-0.25, -0.2) is 9.97 Å². The quantitative estimate of drug-likeness (QED) is 0.883. The molecule has 2 aliphatic rings. The van der Waals surface area contributed by atoms with E-state index in [0.29, 0.717) is 11.9 Å². The Labute approximate surface area is 121 Å². The first-order valence-electron chi connectivity index (χ1n) is 7.77. The van der Waals surface area contributed by atoms with Gasteiger partial charge in [0.15, 0.2) is 0 Å². The SMILES string of the molecule is CCc1nc(N)cc(NC2CC3CCCC(C2)N3C)n1. The third kappa shape index (κ3) is 2.73. The van der Waals surface area contributed by atoms with E-state index in [1.807, 2.05) is 6.07 Å². The molecule has 3 rings (SSSR count). The molecule has 0 saturated carbocycles. The van der Waals surface area contributed by atoms with Gasteiger partial charge in [0.05, 0.1) is 0 Å². The maximum Gasteiger partial charge on any atom is 0.132 e. The highest BCUT2D eigenvalue weighted by Crippen LogP contribution is 2.33. The molecule has 20 heavy (non-hydrogen) atoms. The number of anilines is 2. The van der Waals surface area contributed by atoms with Crippen LogP contribution in [0.15, 0.2) is 6.07 Å². The molecule has 110 valence electrons. The van der Waals surface area contributed by atoms with Crippen molar-refractivity contribution in [1.29, 1.82) is 0 Å². The van der Waals surface area contributed by atoms with Crippen LogP contribution in [-0.4, -0.2) is 40.0 Å². The van der Waals surface area contributed by atoms with Crippen molar-refractivity contribution in [2.24, 2.45) is 0 Å². The van der Waals surface area contributed by atoms with E-state index in [-0.39, 0.29) is 0 Å². The number of hydrogen-bond acceptors (Lipinski definition) is 5. The average molecular weight is 275 g/mol. The zero-order chi connectivity index (χ0) is 14.1. The van der Waals surface area contributed by atoms with Crippen molar-refractivity contribution in [3.8, 4) is 0 Å². The summed E-state index contributed by atoms with van der Waals surface area (Å²) in [4.78, 5) is 11.4. The Morgan fingerprint density at radius 2 is 2.00 bits per heavy atom. The highest BCUT2D eigenvalue weighted by molar-refractivity contribution is 5.45. The number of aryl methyl sites for hydroxylation is 1. The van der Waals surface area contributed by atoms with Gasteiger partial charge in [-0.1, -0.05) is 13.3 Å². The Morgan fingerprint density at radius 3 is 2.65 bits per heavy atom. The van der Waals surface area contributed by atoms with E-state index in [2.05, 4.69) is 34.2 Å². The van der Waals surface area contributed by atoms with Crippen LogP contribution in [0.5, 0.6) is 0 Å². The van der Waals surface area contributed by atoms with E-state index in [9.17, 15) is 0 Å². The second-order valence-corrected chi connectivity index (χ2v) is 6.16. The first kappa shape index (κ1) is 13.6. The molecule has 2 unspecified atom stereocenters. The first-order chi connectivity index (χ1) is 9.65. The number of hydrogen-bond donors (Lipinski definition) is 2. The van der Waals surface area contributed by atoms with Crippen molar-refractivity contribution < 1.29 is 0 Å². The summed E-state index contributed by atoms with van der Waals surface area (Å²) in [6.07, 6.45) is 7.27. The summed E-state index contributed by atoms with van der Waals surface area (Å²) in [6, 6.07) is 3.82. The number of rotatable bonds is 3. The summed E-state index contributed by atoms with van der Waals surface area (Å²) in [6.45, 7) is 2.05. The molecule has 5 nitrogen and oxygen atoms in total. The Bertz CT molecular complexity index is 461. The van der Waals surface area contributed by atoms with Crippen LogP contribution in [0.4, 0.5) is 11.6 Å². The van der Waals surface area contributed by atoms with Crippen LogP contribution < -0.4 is 11.1 Å². The van der Waals surface area contributed by atoms with Gasteiger partial charge in [0.1, 0.15) is 17.5 Å². The predicted octanol–water partition coefficient (Wildman–Crippen LogP) is 2.05. The highest BCUT2D eigenvalue weighted by atomic mass is 15.2. The van der Waals surface area contributed by atoms with Crippen molar-refractivity contribution in [1.82, 2.24) is 14.9 Å². The molecule has 3 N–H and O–H groups in total. The second kappa shape index (κ2) is 5.56. The summed E-state index contributed by atoms with van der Waals surface area (Å²) in [5, 5.41) is 3.59. The molecule has 3 heterocycles. The molecule has 0 spiro atoms. The topological polar surface area (TPSA) is 67.1 Å². The van der Waals surface area contributed by atoms with Gasteiger partial charge in [-0.3, -0.25) is 0 Å². The number of fused-ring (bicyclic) bond motifs is 2. The lowest BCUT2D eigenvalue weighted by molar-refractivity contribution is 0.0608. The van der Waals surface area contributed by atoms with E-state index in [1.165, 1.54) is 32.1 Å². The van der Waals surface area contributed by atoms with Crippen molar-refractivity contribution in [3.05, 3.63) is 11.9 Å². The second-order valence-electron chi connectivity index (χ2n) is 6.16. The smallest absolute Gasteiger partial charge is 0.132 e. The number of nitrogens with zero attached hydrogens (tertiary/aromatic N) is 3. The fraction of sp³-hybridized carbons (Fsp3) is 0.733. The molecule has 2 fully saturated rings. The molecule has 2 aliphatic heterocycles. The first-order valence-corrected chi connectivity index (χ1v) is 7.77. The third-order valence-electron chi connectivity index (χ3n) is 4.80. The number of nitrogens with two attached hydrogens (primary N) is 1. The largest absolute Gasteiger partial charge is 0.384 e. The Morgan fingerprint density at radius 1 is 1.30 bits per heavy atom. The lowest BCUT2D eigenvalue weighted by atomic mass is 9.82. The van der Waals surface area contributed by atoms with Crippen LogP contribution in [-0.2, 0) is 6.42 Å². The normalized spacial score (nSPS) is 30.2. The van der Waals surface area contributed by atoms with Gasteiger partial charge in [-0.05, 0) is 32.7 Å². The Balaban J connectivity index is 1.70. The monoisotopic (exact) mass is 275 g/mol. The van der Waals surface area contributed by atoms with Gasteiger partial charge < -0.3 is 16.0 Å². The van der Waals surface area contributed by atoms with E-state index in [1.54, 1.807) is 0 Å². The van der Waals surface area contributed by atoms with Crippen LogP contribution in [0.25, 0.3) is 0 Å². The molecule has 0 radical (unpaired) electrons. The van der Waals surface area contributed by atoms with Gasteiger partial charge in [-0.15, -0.1) is 0 Å². The van der Waals surface area contributed by atoms with Crippen molar-refractivity contribution in [3.63, 3.8) is 0 Å². The van der Waals surface area contributed by atoms with Crippen LogP contribution in [0.1, 0.15) is 44.9 Å². The maximum absolute atomic E-state index is 5.85. The van der Waals surface area contributed by atoms with Gasteiger partial charge in [0.25, 0.3) is 0 Å². The molecule has 2 bridgehead atoms. The maximum atomic E-state index is 5.85. The van der Waals surface area contributed by atoms with Gasteiger partial charge >= 0.3 is 0 Å². The molecule has 0 aromatic carbocycles. The Hall–Kier alpha value is -1.36. The molecular weight excluding hydrogens is 250 g/mol. The van der Waals surface area contributed by atoms with Crippen LogP contribution in [0, 0.1) is 0 Å². The summed E-state index contributed by atoms with van der Waals surface area (Å²) in [7, 11) is 2.28. The molecule has 2 atom stereocenters. The van der Waals surface area contributed by atoms with E-state index < -0.39 is 0 Å². The summed E-state index contributed by atoms with van der Waals surface area (Å²) in [5.41, 5.74) is 5.85. The minimum Gasteiger partial charge on any atom is -0.384 e. The summed E-state index contributed by atoms with van der Waals surface area (Å²) < 4.78 is 0. The Kier molecular flexibility index (Phi) is 3.78. The van der Waals surface area contributed by atoms with Crippen LogP contribution in [0.3, 0.4) is 0 Å². The number of nitrogens with one attached hydrogen (secondary N) is 1. The fourth-order valence-electron chi connectivity index (χ4n) is 3.69. The molecule has 0 amide bonds. The minimum absolute atomic E-state index is 0.514. The van der Waals surface area contributed by atoms with Crippen molar-refractivity contribution in [2.75, 3.05) is 18.1 Å². The molecule has 2 saturated heterocycles. The molecular formula is C15H25N5. The van der Waals surface area contributed by atoms with Crippen LogP contribution in [0.2, 0.25) is 0 Å². The lowest BCUT2D eigenvalue weighted by Gasteiger charge is -2.47. The highest BCUT2D eigenvalue weighted by Gasteiger charge is 2.35. The van der Waals surface area contributed by atoms with Gasteiger partial charge in [-0.2, -0.15) is 0 Å². The predicted molar refractivity (Wildman–Crippen MR) is 81.7 cm³/mol. The van der Waals surface area contributed by atoms with Crippen molar-refractivity contribution >= 4 is 11.6 Å². The van der Waals surface area contributed by atoms with Gasteiger partial charge in [0, 0.05) is 30.6 Å².